The molecule has 586 valence electrons. The lowest BCUT2D eigenvalue weighted by molar-refractivity contribution is -0.120. The Morgan fingerprint density at radius 2 is 0.900 bits per heavy atom. The SMILES string of the molecule is COCOc1c(N(CCP(C)(C)=O)C(=O)CNCc2ccc(F)cc2)c(C)c(OCOC)c2ncccc12.COCOc1c2c(c(OCOC)c3ncccc13)C(=O)N(Cc1ccc(F)cc1)CC(=O)N2CCP(C)(C)=O.CP(C)(=O)CCN1C(=O)CN(Cc2ccc(F)cc2)C(=O)c2c1c(O)c1cccnc1c2O. The van der Waals surface area contributed by atoms with Crippen LogP contribution < -0.4 is 39.0 Å². The number of ether oxygens (including phenoxy) is 8. The number of amides is 5. The molecule has 0 aliphatic carbocycles. The lowest BCUT2D eigenvalue weighted by Gasteiger charge is -2.29. The molecule has 0 atom stereocenters. The van der Waals surface area contributed by atoms with Crippen molar-refractivity contribution in [1.82, 2.24) is 30.1 Å². The van der Waals surface area contributed by atoms with E-state index in [1.54, 1.807) is 106 Å². The van der Waals surface area contributed by atoms with Crippen LogP contribution in [-0.4, -0.2) is 218 Å². The van der Waals surface area contributed by atoms with Crippen molar-refractivity contribution < 1.29 is 98.9 Å². The van der Waals surface area contributed by atoms with E-state index in [4.69, 9.17) is 37.9 Å². The molecule has 9 aromatic rings. The molecule has 110 heavy (non-hydrogen) atoms. The van der Waals surface area contributed by atoms with Gasteiger partial charge in [0.05, 0.1) is 33.7 Å². The predicted molar refractivity (Wildman–Crippen MR) is 414 cm³/mol. The zero-order valence-electron chi connectivity index (χ0n) is 62.9. The summed E-state index contributed by atoms with van der Waals surface area (Å²) in [6.07, 6.45) is 5.30. The number of pyridine rings is 3. The smallest absolute Gasteiger partial charge is 0.260 e. The fraction of sp³-hybridized carbons (Fsp3) is 0.351. The molecule has 11 rings (SSSR count). The van der Waals surface area contributed by atoms with Crippen molar-refractivity contribution in [2.24, 2.45) is 0 Å². The van der Waals surface area contributed by atoms with Crippen LogP contribution in [0.4, 0.5) is 30.2 Å². The molecule has 3 N–H and O–H groups in total. The first-order chi connectivity index (χ1) is 52.4. The summed E-state index contributed by atoms with van der Waals surface area (Å²) >= 11 is 0. The van der Waals surface area contributed by atoms with Crippen LogP contribution in [-0.2, 0) is 66.7 Å². The molecule has 2 aliphatic heterocycles. The molecule has 6 aromatic carbocycles. The summed E-state index contributed by atoms with van der Waals surface area (Å²) in [7, 11) is -1.61. The number of hydrogen-bond donors (Lipinski definition) is 3. The van der Waals surface area contributed by atoms with Gasteiger partial charge in [0.2, 0.25) is 17.7 Å². The highest BCUT2D eigenvalue weighted by Gasteiger charge is 2.41. The number of rotatable bonds is 30. The van der Waals surface area contributed by atoms with Gasteiger partial charge in [-0.05, 0) is 136 Å². The molecule has 0 unspecified atom stereocenters. The van der Waals surface area contributed by atoms with Crippen molar-refractivity contribution in [1.29, 1.82) is 0 Å². The number of nitrogens with one attached hydrogen (secondary N) is 1. The molecule has 0 saturated carbocycles. The Kier molecular flexibility index (Phi) is 28.7. The largest absolute Gasteiger partial charge is 0.505 e. The Labute approximate surface area is 634 Å². The summed E-state index contributed by atoms with van der Waals surface area (Å²) in [6.45, 7) is 11.3. The second-order valence-electron chi connectivity index (χ2n) is 27.2. The fourth-order valence-electron chi connectivity index (χ4n) is 12.1. The Morgan fingerprint density at radius 3 is 1.37 bits per heavy atom. The second-order valence-corrected chi connectivity index (χ2v) is 38.0. The molecule has 5 heterocycles. The number of phenolic OH excluding ortho intramolecular Hbond substituents is 2. The van der Waals surface area contributed by atoms with Gasteiger partial charge in [-0.15, -0.1) is 0 Å². The van der Waals surface area contributed by atoms with E-state index in [1.807, 2.05) is 13.0 Å². The van der Waals surface area contributed by atoms with Crippen LogP contribution in [0.2, 0.25) is 0 Å². The summed E-state index contributed by atoms with van der Waals surface area (Å²) in [5.74, 6) is -3.14. The van der Waals surface area contributed by atoms with Gasteiger partial charge in [0, 0.05) is 127 Å². The van der Waals surface area contributed by atoms with Gasteiger partial charge >= 0.3 is 0 Å². The summed E-state index contributed by atoms with van der Waals surface area (Å²) < 4.78 is 122. The molecule has 5 amide bonds. The molecule has 33 heteroatoms. The number of nitrogens with zero attached hydrogens (tertiary/aromatic N) is 8. The van der Waals surface area contributed by atoms with Crippen LogP contribution in [0.5, 0.6) is 34.5 Å². The molecule has 0 fully saturated rings. The normalized spacial score (nSPS) is 13.3. The summed E-state index contributed by atoms with van der Waals surface area (Å²) in [5.41, 5.74) is 3.92. The minimum absolute atomic E-state index is 0.00739. The Hall–Kier alpha value is -10.0. The van der Waals surface area contributed by atoms with E-state index in [2.05, 4.69) is 20.3 Å². The molecule has 27 nitrogen and oxygen atoms in total. The number of methoxy groups -OCH3 is 4. The van der Waals surface area contributed by atoms with Gasteiger partial charge in [-0.1, -0.05) is 36.4 Å². The van der Waals surface area contributed by atoms with Crippen LogP contribution in [0.3, 0.4) is 0 Å². The van der Waals surface area contributed by atoms with E-state index >= 15 is 0 Å². The maximum atomic E-state index is 14.2. The fourth-order valence-corrected chi connectivity index (χ4v) is 14.2. The quantitative estimate of drug-likeness (QED) is 0.0214. The number of aromatic hydroxyl groups is 2. The zero-order chi connectivity index (χ0) is 79.8. The zero-order valence-corrected chi connectivity index (χ0v) is 65.6. The first-order valence-electron chi connectivity index (χ1n) is 34.6. The highest BCUT2D eigenvalue weighted by molar-refractivity contribution is 7.62. The second kappa shape index (κ2) is 37.6. The molecular weight excluding hydrogens is 1490 g/mol. The van der Waals surface area contributed by atoms with Crippen LogP contribution in [0.15, 0.2) is 128 Å². The number of anilines is 3. The van der Waals surface area contributed by atoms with Gasteiger partial charge in [0.25, 0.3) is 11.8 Å². The third kappa shape index (κ3) is 21.1. The van der Waals surface area contributed by atoms with Gasteiger partial charge < -0.3 is 91.6 Å². The number of fused-ring (bicyclic) bond motifs is 5. The standard InChI is InChI=1S/C27H31FN3O7P.C27H35FN3O6P.C23H23FN3O5P/c1-35-16-37-25-20-6-5-11-29-23(20)26(38-17-36-2)22-24(25)31(12-13-39(3,4)34)21(32)15-30(27(22)33)14-18-7-9-19(28)10-8-18;1-19-25(27(37-18-35-3)22-7-6-12-30-24(22)26(19)36-17-34-2)31(13-14-38(4,5)33)23(32)16-29-15-20-8-10-21(28)11-9-20;1-33(2,32)11-10-27-17(28)13-26(12-14-5-7-15(24)8-6-14)23(31)18-20(27)21(29)16-4-3-9-25-19(16)22(18)30/h5-11H,12-17H2,1-4H3;6-12,29H,13-18H2,1-5H3;3-9,29-30H,10-13H2,1-2H3. The Morgan fingerprint density at radius 1 is 0.500 bits per heavy atom. The van der Waals surface area contributed by atoms with Gasteiger partial charge in [-0.25, -0.2) is 13.2 Å². The predicted octanol–water partition coefficient (Wildman–Crippen LogP) is 11.7. The van der Waals surface area contributed by atoms with Gasteiger partial charge in [-0.3, -0.25) is 38.9 Å². The average Bonchev–Trinajstić information content (AvgIpc) is 1.03. The molecule has 2 aliphatic rings. The van der Waals surface area contributed by atoms with Gasteiger partial charge in [0.15, 0.2) is 55.9 Å². The minimum atomic E-state index is -2.55. The first kappa shape index (κ1) is 84.0. The highest BCUT2D eigenvalue weighted by Crippen LogP contribution is 2.51. The van der Waals surface area contributed by atoms with Gasteiger partial charge in [-0.2, -0.15) is 0 Å². The minimum Gasteiger partial charge on any atom is -0.505 e. The topological polar surface area (TPSA) is 318 Å². The van der Waals surface area contributed by atoms with Crippen molar-refractivity contribution in [2.75, 3.05) is 168 Å². The molecule has 3 aromatic heterocycles. The van der Waals surface area contributed by atoms with Crippen LogP contribution in [0, 0.1) is 24.4 Å². The van der Waals surface area contributed by atoms with Crippen molar-refractivity contribution >= 4 is 101 Å². The number of benzene rings is 6. The molecule has 0 radical (unpaired) electrons. The number of carbonyl (C=O) groups is 5. The Bertz CT molecular complexity index is 4970. The highest BCUT2D eigenvalue weighted by atomic mass is 31.2. The summed E-state index contributed by atoms with van der Waals surface area (Å²) in [6, 6.07) is 27.4. The monoisotopic (exact) mass is 1580 g/mol. The Balaban J connectivity index is 0.000000191. The number of phenols is 2. The lowest BCUT2D eigenvalue weighted by Crippen LogP contribution is -2.40. The van der Waals surface area contributed by atoms with E-state index in [1.165, 1.54) is 109 Å². The summed E-state index contributed by atoms with van der Waals surface area (Å²) in [4.78, 5) is 88.4. The van der Waals surface area contributed by atoms with Crippen LogP contribution >= 0.6 is 21.4 Å². The number of aromatic nitrogens is 3. The van der Waals surface area contributed by atoms with E-state index in [0.29, 0.717) is 68.4 Å². The van der Waals surface area contributed by atoms with Crippen molar-refractivity contribution in [3.05, 3.63) is 179 Å². The number of halogens is 3. The van der Waals surface area contributed by atoms with Crippen LogP contribution in [0.25, 0.3) is 32.7 Å². The van der Waals surface area contributed by atoms with Crippen molar-refractivity contribution in [2.45, 2.75) is 26.6 Å². The number of carbonyl (C=O) groups excluding carboxylic acids is 5. The molecule has 0 spiro atoms. The first-order valence-corrected chi connectivity index (χ1v) is 42.9. The third-order valence-corrected chi connectivity index (χ3v) is 21.3. The van der Waals surface area contributed by atoms with Gasteiger partial charge in [0.1, 0.15) is 75.3 Å². The summed E-state index contributed by atoms with van der Waals surface area (Å²) in [5, 5.41) is 26.5. The molecular formula is C77H89F3N9O18P3. The number of hydrogen-bond acceptors (Lipinski definition) is 22. The van der Waals surface area contributed by atoms with Crippen molar-refractivity contribution in [3.8, 4) is 34.5 Å². The molecule has 0 bridgehead atoms. The third-order valence-electron chi connectivity index (χ3n) is 17.4. The lowest BCUT2D eigenvalue weighted by atomic mass is 10.0. The maximum absolute atomic E-state index is 14.2. The van der Waals surface area contributed by atoms with E-state index < -0.39 is 62.4 Å². The average molecular weight is 1580 g/mol. The van der Waals surface area contributed by atoms with Crippen molar-refractivity contribution in [3.63, 3.8) is 0 Å². The molecule has 0 saturated heterocycles. The maximum Gasteiger partial charge on any atom is 0.260 e. The van der Waals surface area contributed by atoms with E-state index in [9.17, 15) is 61.1 Å². The van der Waals surface area contributed by atoms with E-state index in [-0.39, 0.29) is 154 Å². The van der Waals surface area contributed by atoms with E-state index in [0.717, 1.165) is 5.56 Å². The van der Waals surface area contributed by atoms with Crippen LogP contribution in [0.1, 0.15) is 43.0 Å².